The topological polar surface area (TPSA) is 61.6 Å². The third kappa shape index (κ3) is 3.08. The summed E-state index contributed by atoms with van der Waals surface area (Å²) in [5.74, 6) is 0.535. The van der Waals surface area contributed by atoms with Gasteiger partial charge in [0.2, 0.25) is 5.95 Å². The highest BCUT2D eigenvalue weighted by atomic mass is 15.1. The normalized spacial score (nSPS) is 9.23. The molecule has 0 saturated carbocycles. The lowest BCUT2D eigenvalue weighted by atomic mass is 10.3. The third-order valence-corrected chi connectivity index (χ3v) is 1.58. The van der Waals surface area contributed by atoms with Crippen LogP contribution in [-0.4, -0.2) is 16.5 Å². The number of rotatable bonds is 4. The summed E-state index contributed by atoms with van der Waals surface area (Å²) in [7, 11) is 0. The molecule has 1 N–H and O–H groups in total. The minimum atomic E-state index is 0.397. The van der Waals surface area contributed by atoms with Crippen molar-refractivity contribution in [3.8, 4) is 6.07 Å². The monoisotopic (exact) mass is 176 g/mol. The molecule has 1 aromatic rings. The molecular weight excluding hydrogens is 164 g/mol. The van der Waals surface area contributed by atoms with E-state index in [1.807, 2.05) is 6.07 Å². The van der Waals surface area contributed by atoms with Crippen molar-refractivity contribution < 1.29 is 0 Å². The van der Waals surface area contributed by atoms with Crippen LogP contribution in [0.3, 0.4) is 0 Å². The number of nitrogens with one attached hydrogen (secondary N) is 1. The lowest BCUT2D eigenvalue weighted by Crippen LogP contribution is -2.05. The molecule has 0 bridgehead atoms. The van der Waals surface area contributed by atoms with Gasteiger partial charge in [-0.25, -0.2) is 9.97 Å². The van der Waals surface area contributed by atoms with Crippen LogP contribution < -0.4 is 5.32 Å². The van der Waals surface area contributed by atoms with Crippen LogP contribution in [0.2, 0.25) is 0 Å². The van der Waals surface area contributed by atoms with Crippen LogP contribution in [0.25, 0.3) is 0 Å². The van der Waals surface area contributed by atoms with E-state index < -0.39 is 0 Å². The summed E-state index contributed by atoms with van der Waals surface area (Å²) in [4.78, 5) is 7.97. The first-order chi connectivity index (χ1) is 6.36. The highest BCUT2D eigenvalue weighted by Gasteiger charge is 1.95. The number of hydrogen-bond donors (Lipinski definition) is 1. The smallest absolute Gasteiger partial charge is 0.223 e. The predicted molar refractivity (Wildman–Crippen MR) is 50.1 cm³/mol. The van der Waals surface area contributed by atoms with E-state index in [0.29, 0.717) is 11.6 Å². The van der Waals surface area contributed by atoms with Crippen LogP contribution in [0.1, 0.15) is 25.5 Å². The first-order valence-electron chi connectivity index (χ1n) is 4.34. The Morgan fingerprint density at radius 1 is 1.62 bits per heavy atom. The van der Waals surface area contributed by atoms with Crippen molar-refractivity contribution in [2.45, 2.75) is 19.8 Å². The van der Waals surface area contributed by atoms with Gasteiger partial charge in [-0.05, 0) is 12.5 Å². The van der Waals surface area contributed by atoms with Crippen LogP contribution in [-0.2, 0) is 0 Å². The van der Waals surface area contributed by atoms with Crippen LogP contribution in [0, 0.1) is 11.3 Å². The van der Waals surface area contributed by atoms with Gasteiger partial charge in [-0.1, -0.05) is 13.3 Å². The van der Waals surface area contributed by atoms with Crippen molar-refractivity contribution in [2.24, 2.45) is 0 Å². The molecule has 1 heterocycles. The van der Waals surface area contributed by atoms with Crippen LogP contribution in [0.15, 0.2) is 12.3 Å². The van der Waals surface area contributed by atoms with E-state index in [2.05, 4.69) is 22.2 Å². The molecule has 0 aliphatic carbocycles. The van der Waals surface area contributed by atoms with Gasteiger partial charge in [-0.15, -0.1) is 0 Å². The second-order valence-corrected chi connectivity index (χ2v) is 2.66. The molecule has 68 valence electrons. The second-order valence-electron chi connectivity index (χ2n) is 2.66. The summed E-state index contributed by atoms with van der Waals surface area (Å²) in [5, 5.41) is 11.6. The molecule has 4 heteroatoms. The van der Waals surface area contributed by atoms with Crippen LogP contribution >= 0.6 is 0 Å². The van der Waals surface area contributed by atoms with E-state index in [1.165, 1.54) is 0 Å². The van der Waals surface area contributed by atoms with E-state index in [4.69, 9.17) is 5.26 Å². The van der Waals surface area contributed by atoms with E-state index in [0.717, 1.165) is 19.4 Å². The molecule has 0 amide bonds. The molecule has 0 aliphatic heterocycles. The molecular formula is C9H12N4. The van der Waals surface area contributed by atoms with Gasteiger partial charge in [-0.2, -0.15) is 5.26 Å². The van der Waals surface area contributed by atoms with Gasteiger partial charge in [0.15, 0.2) is 0 Å². The Labute approximate surface area is 77.6 Å². The van der Waals surface area contributed by atoms with Crippen LogP contribution in [0.5, 0.6) is 0 Å². The quantitative estimate of drug-likeness (QED) is 0.707. The number of unbranched alkanes of at least 4 members (excludes halogenated alkanes) is 1. The van der Waals surface area contributed by atoms with Gasteiger partial charge in [0.25, 0.3) is 0 Å². The number of hydrogen-bond acceptors (Lipinski definition) is 4. The average Bonchev–Trinajstić information content (AvgIpc) is 2.19. The lowest BCUT2D eigenvalue weighted by Gasteiger charge is -2.01. The molecule has 0 aliphatic rings. The van der Waals surface area contributed by atoms with Crippen molar-refractivity contribution in [2.75, 3.05) is 11.9 Å². The molecule has 1 rings (SSSR count). The first-order valence-corrected chi connectivity index (χ1v) is 4.34. The summed E-state index contributed by atoms with van der Waals surface area (Å²) in [6.45, 7) is 2.97. The zero-order valence-electron chi connectivity index (χ0n) is 7.62. The molecule has 0 aromatic carbocycles. The van der Waals surface area contributed by atoms with E-state index in [-0.39, 0.29) is 0 Å². The molecule has 0 fully saturated rings. The van der Waals surface area contributed by atoms with Gasteiger partial charge in [0.1, 0.15) is 11.8 Å². The molecule has 0 saturated heterocycles. The van der Waals surface area contributed by atoms with E-state index >= 15 is 0 Å². The first kappa shape index (κ1) is 9.46. The maximum atomic E-state index is 8.57. The van der Waals surface area contributed by atoms with Crippen molar-refractivity contribution in [3.63, 3.8) is 0 Å². The van der Waals surface area contributed by atoms with Crippen molar-refractivity contribution in [1.82, 2.24) is 9.97 Å². The highest BCUT2D eigenvalue weighted by Crippen LogP contribution is 1.99. The van der Waals surface area contributed by atoms with Gasteiger partial charge in [0, 0.05) is 12.7 Å². The predicted octanol–water partition coefficient (Wildman–Crippen LogP) is 1.56. The molecule has 0 unspecified atom stereocenters. The van der Waals surface area contributed by atoms with Gasteiger partial charge in [-0.3, -0.25) is 0 Å². The number of nitriles is 1. The molecule has 0 spiro atoms. The number of nitrogens with zero attached hydrogens (tertiary/aromatic N) is 3. The van der Waals surface area contributed by atoms with E-state index in [9.17, 15) is 0 Å². The zero-order valence-corrected chi connectivity index (χ0v) is 7.62. The minimum Gasteiger partial charge on any atom is -0.354 e. The highest BCUT2D eigenvalue weighted by molar-refractivity contribution is 5.29. The fourth-order valence-electron chi connectivity index (χ4n) is 0.883. The Balaban J connectivity index is 2.52. The Morgan fingerprint density at radius 2 is 2.46 bits per heavy atom. The Hall–Kier alpha value is -1.63. The average molecular weight is 176 g/mol. The fourth-order valence-corrected chi connectivity index (χ4v) is 0.883. The lowest BCUT2D eigenvalue weighted by molar-refractivity contribution is 0.826. The summed E-state index contributed by atoms with van der Waals surface area (Å²) in [6.07, 6.45) is 3.80. The van der Waals surface area contributed by atoms with Crippen molar-refractivity contribution >= 4 is 5.95 Å². The molecule has 1 aromatic heterocycles. The summed E-state index contributed by atoms with van der Waals surface area (Å²) < 4.78 is 0. The Bertz CT molecular complexity index is 303. The summed E-state index contributed by atoms with van der Waals surface area (Å²) in [5.41, 5.74) is 0.397. The Kier molecular flexibility index (Phi) is 3.71. The molecule has 0 radical (unpaired) electrons. The van der Waals surface area contributed by atoms with Crippen molar-refractivity contribution in [1.29, 1.82) is 5.26 Å². The molecule has 4 nitrogen and oxygen atoms in total. The largest absolute Gasteiger partial charge is 0.354 e. The van der Waals surface area contributed by atoms with Gasteiger partial charge in [0.05, 0.1) is 0 Å². The molecule has 0 atom stereocenters. The summed E-state index contributed by atoms with van der Waals surface area (Å²) >= 11 is 0. The minimum absolute atomic E-state index is 0.397. The van der Waals surface area contributed by atoms with Crippen molar-refractivity contribution in [3.05, 3.63) is 18.0 Å². The maximum absolute atomic E-state index is 8.57. The second kappa shape index (κ2) is 5.09. The Morgan fingerprint density at radius 3 is 3.15 bits per heavy atom. The SMILES string of the molecule is CCCCNc1nccc(C#N)n1. The maximum Gasteiger partial charge on any atom is 0.223 e. The number of aromatic nitrogens is 2. The standard InChI is InChI=1S/C9H12N4/c1-2-3-5-11-9-12-6-4-8(7-10)13-9/h4,6H,2-3,5H2,1H3,(H,11,12,13). The van der Waals surface area contributed by atoms with Gasteiger partial charge < -0.3 is 5.32 Å². The fraction of sp³-hybridized carbons (Fsp3) is 0.444. The molecule has 13 heavy (non-hydrogen) atoms. The zero-order chi connectivity index (χ0) is 9.52. The van der Waals surface area contributed by atoms with Crippen LogP contribution in [0.4, 0.5) is 5.95 Å². The van der Waals surface area contributed by atoms with E-state index in [1.54, 1.807) is 12.3 Å². The summed E-state index contributed by atoms with van der Waals surface area (Å²) in [6, 6.07) is 3.55. The van der Waals surface area contributed by atoms with Gasteiger partial charge >= 0.3 is 0 Å². The third-order valence-electron chi connectivity index (χ3n) is 1.58. The number of anilines is 1.